The average molecular weight is 410 g/mol. The number of esters is 1. The molecule has 0 saturated heterocycles. The Morgan fingerprint density at radius 3 is 2.79 bits per heavy atom. The van der Waals surface area contributed by atoms with Gasteiger partial charge in [0.25, 0.3) is 11.5 Å². The van der Waals surface area contributed by atoms with E-state index in [9.17, 15) is 14.4 Å². The SMILES string of the molecule is Cc1sc2ncn(NC(=O)COC(=O)c3cn(C)c4ccccc34)c(=O)c2c1C. The molecule has 1 amide bonds. The van der Waals surface area contributed by atoms with E-state index < -0.39 is 18.5 Å². The number of aromatic nitrogens is 3. The number of fused-ring (bicyclic) bond motifs is 2. The van der Waals surface area contributed by atoms with Crippen LogP contribution in [0.1, 0.15) is 20.8 Å². The van der Waals surface area contributed by atoms with Crippen LogP contribution in [-0.4, -0.2) is 32.7 Å². The molecule has 0 atom stereocenters. The number of para-hydroxylation sites is 1. The molecule has 0 aliphatic rings. The van der Waals surface area contributed by atoms with Gasteiger partial charge in [0, 0.05) is 29.0 Å². The number of benzene rings is 1. The zero-order chi connectivity index (χ0) is 20.7. The molecule has 0 unspecified atom stereocenters. The molecule has 8 nitrogen and oxygen atoms in total. The molecule has 0 bridgehead atoms. The first kappa shape index (κ1) is 18.9. The Kier molecular flexibility index (Phi) is 4.67. The lowest BCUT2D eigenvalue weighted by Gasteiger charge is -2.08. The molecule has 4 aromatic rings. The van der Waals surface area contributed by atoms with Gasteiger partial charge >= 0.3 is 5.97 Å². The fourth-order valence-electron chi connectivity index (χ4n) is 3.19. The van der Waals surface area contributed by atoms with Gasteiger partial charge in [0.05, 0.1) is 10.9 Å². The van der Waals surface area contributed by atoms with Crippen LogP contribution in [0.4, 0.5) is 0 Å². The molecule has 0 aliphatic carbocycles. The predicted molar refractivity (Wildman–Crippen MR) is 111 cm³/mol. The van der Waals surface area contributed by atoms with Gasteiger partial charge < -0.3 is 9.30 Å². The van der Waals surface area contributed by atoms with Crippen LogP contribution < -0.4 is 11.0 Å². The Hall–Kier alpha value is -3.46. The van der Waals surface area contributed by atoms with Gasteiger partial charge in [0.15, 0.2) is 6.61 Å². The van der Waals surface area contributed by atoms with Gasteiger partial charge in [0.2, 0.25) is 0 Å². The van der Waals surface area contributed by atoms with Crippen LogP contribution in [0.2, 0.25) is 0 Å². The summed E-state index contributed by atoms with van der Waals surface area (Å²) in [4.78, 5) is 43.1. The first-order valence-electron chi connectivity index (χ1n) is 8.85. The second-order valence-electron chi connectivity index (χ2n) is 6.67. The normalized spacial score (nSPS) is 11.1. The summed E-state index contributed by atoms with van der Waals surface area (Å²) >= 11 is 1.43. The van der Waals surface area contributed by atoms with Gasteiger partial charge in [-0.05, 0) is 25.5 Å². The molecule has 0 spiro atoms. The summed E-state index contributed by atoms with van der Waals surface area (Å²) < 4.78 is 7.97. The van der Waals surface area contributed by atoms with Crippen LogP contribution in [0.25, 0.3) is 21.1 Å². The molecule has 3 heterocycles. The van der Waals surface area contributed by atoms with Crippen molar-refractivity contribution in [1.29, 1.82) is 0 Å². The number of amides is 1. The number of carbonyl (C=O) groups excluding carboxylic acids is 2. The second kappa shape index (κ2) is 7.17. The largest absolute Gasteiger partial charge is 0.452 e. The molecule has 0 saturated carbocycles. The second-order valence-corrected chi connectivity index (χ2v) is 7.87. The van der Waals surface area contributed by atoms with E-state index in [1.165, 1.54) is 17.7 Å². The lowest BCUT2D eigenvalue weighted by molar-refractivity contribution is -0.120. The van der Waals surface area contributed by atoms with Crippen molar-refractivity contribution in [2.75, 3.05) is 12.0 Å². The standard InChI is InChI=1S/C20H18N4O4S/c1-11-12(2)29-18-17(11)19(26)24(10-21-18)22-16(25)9-28-20(27)14-8-23(3)15-7-5-4-6-13(14)15/h4-8,10H,9H2,1-3H3,(H,22,25). The number of ether oxygens (including phenoxy) is 1. The van der Waals surface area contributed by atoms with Crippen LogP contribution in [0.5, 0.6) is 0 Å². The minimum Gasteiger partial charge on any atom is -0.452 e. The molecule has 148 valence electrons. The topological polar surface area (TPSA) is 95.2 Å². The van der Waals surface area contributed by atoms with E-state index in [-0.39, 0.29) is 5.56 Å². The summed E-state index contributed by atoms with van der Waals surface area (Å²) in [6, 6.07) is 7.42. The molecular weight excluding hydrogens is 392 g/mol. The Bertz CT molecular complexity index is 1330. The van der Waals surface area contributed by atoms with Crippen molar-refractivity contribution in [3.63, 3.8) is 0 Å². The Morgan fingerprint density at radius 2 is 2.00 bits per heavy atom. The van der Waals surface area contributed by atoms with E-state index in [0.717, 1.165) is 26.0 Å². The summed E-state index contributed by atoms with van der Waals surface area (Å²) in [5, 5.41) is 1.22. The van der Waals surface area contributed by atoms with Crippen LogP contribution in [0.15, 0.2) is 41.6 Å². The lowest BCUT2D eigenvalue weighted by Crippen LogP contribution is -2.35. The van der Waals surface area contributed by atoms with E-state index in [0.29, 0.717) is 15.8 Å². The van der Waals surface area contributed by atoms with Crippen LogP contribution in [-0.2, 0) is 16.6 Å². The first-order valence-corrected chi connectivity index (χ1v) is 9.67. The van der Waals surface area contributed by atoms with E-state index in [4.69, 9.17) is 4.74 Å². The predicted octanol–water partition coefficient (Wildman–Crippen LogP) is 2.49. The highest BCUT2D eigenvalue weighted by Crippen LogP contribution is 2.25. The van der Waals surface area contributed by atoms with Gasteiger partial charge in [-0.15, -0.1) is 11.3 Å². The van der Waals surface area contributed by atoms with Crippen molar-refractivity contribution in [2.45, 2.75) is 13.8 Å². The molecule has 1 aromatic carbocycles. The van der Waals surface area contributed by atoms with Gasteiger partial charge in [-0.25, -0.2) is 14.5 Å². The summed E-state index contributed by atoms with van der Waals surface area (Å²) in [6.45, 7) is 3.24. The number of hydrogen-bond donors (Lipinski definition) is 1. The highest BCUT2D eigenvalue weighted by atomic mass is 32.1. The Morgan fingerprint density at radius 1 is 1.24 bits per heavy atom. The van der Waals surface area contributed by atoms with Crippen molar-refractivity contribution in [1.82, 2.24) is 14.2 Å². The average Bonchev–Trinajstić information content (AvgIpc) is 3.19. The minimum atomic E-state index is -0.633. The summed E-state index contributed by atoms with van der Waals surface area (Å²) in [5.74, 6) is -1.24. The van der Waals surface area contributed by atoms with Crippen molar-refractivity contribution in [3.05, 3.63) is 63.1 Å². The van der Waals surface area contributed by atoms with Crippen LogP contribution >= 0.6 is 11.3 Å². The number of nitrogens with zero attached hydrogens (tertiary/aromatic N) is 3. The third-order valence-corrected chi connectivity index (χ3v) is 5.90. The maximum absolute atomic E-state index is 12.6. The third kappa shape index (κ3) is 3.29. The maximum atomic E-state index is 12.6. The molecular formula is C20H18N4O4S. The first-order chi connectivity index (χ1) is 13.9. The van der Waals surface area contributed by atoms with Crippen LogP contribution in [0.3, 0.4) is 0 Å². The van der Waals surface area contributed by atoms with E-state index in [1.54, 1.807) is 6.20 Å². The van der Waals surface area contributed by atoms with Crippen molar-refractivity contribution < 1.29 is 14.3 Å². The fourth-order valence-corrected chi connectivity index (χ4v) is 4.18. The molecule has 3 aromatic heterocycles. The van der Waals surface area contributed by atoms with Crippen molar-refractivity contribution in [3.8, 4) is 0 Å². The fraction of sp³-hybridized carbons (Fsp3) is 0.200. The molecule has 29 heavy (non-hydrogen) atoms. The number of rotatable bonds is 4. The van der Waals surface area contributed by atoms with Gasteiger partial charge in [0.1, 0.15) is 11.2 Å². The molecule has 0 fully saturated rings. The zero-order valence-electron chi connectivity index (χ0n) is 16.1. The maximum Gasteiger partial charge on any atom is 0.340 e. The van der Waals surface area contributed by atoms with Crippen LogP contribution in [0, 0.1) is 13.8 Å². The third-order valence-electron chi connectivity index (χ3n) is 4.79. The molecule has 0 radical (unpaired) electrons. The summed E-state index contributed by atoms with van der Waals surface area (Å²) in [5.41, 5.74) is 4.15. The monoisotopic (exact) mass is 410 g/mol. The lowest BCUT2D eigenvalue weighted by atomic mass is 10.2. The van der Waals surface area contributed by atoms with E-state index in [2.05, 4.69) is 10.4 Å². The number of hydrogen-bond acceptors (Lipinski definition) is 6. The van der Waals surface area contributed by atoms with Crippen molar-refractivity contribution in [2.24, 2.45) is 7.05 Å². The van der Waals surface area contributed by atoms with Gasteiger partial charge in [-0.2, -0.15) is 0 Å². The zero-order valence-corrected chi connectivity index (χ0v) is 16.9. The van der Waals surface area contributed by atoms with Crippen molar-refractivity contribution >= 4 is 44.3 Å². The van der Waals surface area contributed by atoms with E-state index in [1.807, 2.05) is 49.7 Å². The Labute approximate surface area is 169 Å². The summed E-state index contributed by atoms with van der Waals surface area (Å²) in [7, 11) is 1.83. The molecule has 0 aliphatic heterocycles. The molecule has 1 N–H and O–H groups in total. The quantitative estimate of drug-likeness (QED) is 0.522. The number of carbonyl (C=O) groups is 2. The molecule has 9 heteroatoms. The number of thiophene rings is 1. The van der Waals surface area contributed by atoms with Gasteiger partial charge in [-0.3, -0.25) is 15.0 Å². The highest BCUT2D eigenvalue weighted by molar-refractivity contribution is 7.18. The Balaban J connectivity index is 1.48. The number of aryl methyl sites for hydroxylation is 3. The smallest absolute Gasteiger partial charge is 0.340 e. The van der Waals surface area contributed by atoms with Gasteiger partial charge in [-0.1, -0.05) is 18.2 Å². The summed E-state index contributed by atoms with van der Waals surface area (Å²) in [6.07, 6.45) is 2.92. The van der Waals surface area contributed by atoms with E-state index >= 15 is 0 Å². The molecule has 4 rings (SSSR count). The highest BCUT2D eigenvalue weighted by Gasteiger charge is 2.17. The minimum absolute atomic E-state index is 0.370. The number of nitrogens with one attached hydrogen (secondary N) is 1.